The lowest BCUT2D eigenvalue weighted by Crippen LogP contribution is -2.41. The number of nitrogens with zero attached hydrogens (tertiary/aromatic N) is 2. The molecule has 16 heavy (non-hydrogen) atoms. The number of carbonyl (C=O) groups excluding carboxylic acids is 1. The third-order valence-electron chi connectivity index (χ3n) is 2.44. The molecule has 2 amide bonds. The lowest BCUT2D eigenvalue weighted by Gasteiger charge is -2.25. The highest BCUT2D eigenvalue weighted by Crippen LogP contribution is 2.27. The van der Waals surface area contributed by atoms with E-state index in [1.807, 2.05) is 4.90 Å². The summed E-state index contributed by atoms with van der Waals surface area (Å²) in [7, 11) is 5.20. The third-order valence-corrected chi connectivity index (χ3v) is 2.44. The van der Waals surface area contributed by atoms with Gasteiger partial charge >= 0.3 is 6.03 Å². The van der Waals surface area contributed by atoms with Crippen molar-refractivity contribution in [1.29, 1.82) is 0 Å². The van der Waals surface area contributed by atoms with Crippen molar-refractivity contribution in [2.45, 2.75) is 25.3 Å². The van der Waals surface area contributed by atoms with Crippen LogP contribution in [0, 0.1) is 11.8 Å². The van der Waals surface area contributed by atoms with Crippen molar-refractivity contribution in [3.05, 3.63) is 0 Å². The molecular weight excluding hydrogens is 204 g/mol. The van der Waals surface area contributed by atoms with Gasteiger partial charge < -0.3 is 14.5 Å². The first-order valence-corrected chi connectivity index (χ1v) is 5.59. The predicted octanol–water partition coefficient (Wildman–Crippen LogP) is 1.17. The van der Waals surface area contributed by atoms with Crippen molar-refractivity contribution in [3.8, 4) is 11.8 Å². The SMILES string of the molecule is COCC#CCCN(C(=O)N(C)C)C1CC1. The van der Waals surface area contributed by atoms with E-state index in [2.05, 4.69) is 11.8 Å². The highest BCUT2D eigenvalue weighted by Gasteiger charge is 2.32. The van der Waals surface area contributed by atoms with Crippen molar-refractivity contribution in [2.75, 3.05) is 34.4 Å². The van der Waals surface area contributed by atoms with E-state index in [1.54, 1.807) is 26.1 Å². The quantitative estimate of drug-likeness (QED) is 0.672. The van der Waals surface area contributed by atoms with Crippen molar-refractivity contribution < 1.29 is 9.53 Å². The summed E-state index contributed by atoms with van der Waals surface area (Å²) in [6, 6.07) is 0.537. The van der Waals surface area contributed by atoms with Gasteiger partial charge in [-0.2, -0.15) is 0 Å². The molecule has 0 bridgehead atoms. The van der Waals surface area contributed by atoms with Gasteiger partial charge in [0.25, 0.3) is 0 Å². The summed E-state index contributed by atoms with van der Waals surface area (Å²) >= 11 is 0. The van der Waals surface area contributed by atoms with Gasteiger partial charge in [0, 0.05) is 40.2 Å². The average Bonchev–Trinajstić information content (AvgIpc) is 3.06. The second-order valence-electron chi connectivity index (χ2n) is 4.14. The summed E-state index contributed by atoms with van der Waals surface area (Å²) in [4.78, 5) is 15.4. The van der Waals surface area contributed by atoms with E-state index in [0.29, 0.717) is 12.6 Å². The zero-order valence-corrected chi connectivity index (χ0v) is 10.3. The third kappa shape index (κ3) is 4.11. The lowest BCUT2D eigenvalue weighted by molar-refractivity contribution is 0.169. The van der Waals surface area contributed by atoms with Crippen LogP contribution in [0.1, 0.15) is 19.3 Å². The minimum Gasteiger partial charge on any atom is -0.372 e. The second-order valence-corrected chi connectivity index (χ2v) is 4.14. The second kappa shape index (κ2) is 6.39. The largest absolute Gasteiger partial charge is 0.372 e. The number of methoxy groups -OCH3 is 1. The van der Waals surface area contributed by atoms with E-state index in [0.717, 1.165) is 25.8 Å². The van der Waals surface area contributed by atoms with Gasteiger partial charge in [0.05, 0.1) is 0 Å². The van der Waals surface area contributed by atoms with Gasteiger partial charge in [-0.05, 0) is 12.8 Å². The van der Waals surface area contributed by atoms with Crippen LogP contribution in [0.25, 0.3) is 0 Å². The van der Waals surface area contributed by atoms with Crippen LogP contribution in [0.2, 0.25) is 0 Å². The molecule has 0 aromatic rings. The molecule has 0 aliphatic heterocycles. The standard InChI is InChI=1S/C12H20N2O2/c1-13(2)12(15)14(11-7-8-11)9-5-4-6-10-16-3/h11H,5,7-10H2,1-3H3. The zero-order chi connectivity index (χ0) is 12.0. The molecular formula is C12H20N2O2. The monoisotopic (exact) mass is 224 g/mol. The molecule has 0 radical (unpaired) electrons. The molecule has 90 valence electrons. The number of hydrogen-bond donors (Lipinski definition) is 0. The van der Waals surface area contributed by atoms with Gasteiger partial charge in [-0.25, -0.2) is 4.79 Å². The fourth-order valence-corrected chi connectivity index (χ4v) is 1.47. The Morgan fingerprint density at radius 2 is 2.06 bits per heavy atom. The molecule has 0 atom stereocenters. The summed E-state index contributed by atoms with van der Waals surface area (Å²) in [5.41, 5.74) is 0. The van der Waals surface area contributed by atoms with Crippen molar-refractivity contribution in [2.24, 2.45) is 0 Å². The van der Waals surface area contributed by atoms with Crippen LogP contribution < -0.4 is 0 Å². The first kappa shape index (κ1) is 12.9. The van der Waals surface area contributed by atoms with E-state index in [-0.39, 0.29) is 6.03 Å². The number of hydrogen-bond acceptors (Lipinski definition) is 2. The minimum atomic E-state index is 0.0936. The smallest absolute Gasteiger partial charge is 0.319 e. The maximum absolute atomic E-state index is 11.8. The average molecular weight is 224 g/mol. The number of rotatable bonds is 4. The Bertz CT molecular complexity index is 287. The molecule has 0 unspecified atom stereocenters. The summed E-state index contributed by atoms with van der Waals surface area (Å²) in [5.74, 6) is 5.90. The number of ether oxygens (including phenoxy) is 1. The summed E-state index contributed by atoms with van der Waals surface area (Å²) in [6.07, 6.45) is 2.98. The molecule has 0 aromatic heterocycles. The molecule has 4 heteroatoms. The van der Waals surface area contributed by atoms with Crippen molar-refractivity contribution in [3.63, 3.8) is 0 Å². The zero-order valence-electron chi connectivity index (χ0n) is 10.3. The maximum Gasteiger partial charge on any atom is 0.319 e. The van der Waals surface area contributed by atoms with E-state index in [9.17, 15) is 4.79 Å². The Kier molecular flexibility index (Phi) is 5.13. The molecule has 1 saturated carbocycles. The van der Waals surface area contributed by atoms with Crippen LogP contribution in [-0.4, -0.2) is 56.2 Å². The molecule has 0 aromatic carbocycles. The Morgan fingerprint density at radius 1 is 1.38 bits per heavy atom. The van der Waals surface area contributed by atoms with Gasteiger partial charge in [0.2, 0.25) is 0 Å². The first-order chi connectivity index (χ1) is 7.66. The van der Waals surface area contributed by atoms with Crippen LogP contribution in [0.5, 0.6) is 0 Å². The molecule has 0 N–H and O–H groups in total. The Labute approximate surface area is 97.5 Å². The highest BCUT2D eigenvalue weighted by molar-refractivity contribution is 5.74. The Hall–Kier alpha value is -1.21. The Balaban J connectivity index is 2.35. The van der Waals surface area contributed by atoms with Crippen LogP contribution in [0.3, 0.4) is 0 Å². The first-order valence-electron chi connectivity index (χ1n) is 5.59. The van der Waals surface area contributed by atoms with E-state index < -0.39 is 0 Å². The summed E-state index contributed by atoms with van der Waals surface area (Å²) in [6.45, 7) is 1.18. The van der Waals surface area contributed by atoms with E-state index in [1.165, 1.54) is 0 Å². The summed E-state index contributed by atoms with van der Waals surface area (Å²) < 4.78 is 4.83. The predicted molar refractivity (Wildman–Crippen MR) is 63.1 cm³/mol. The number of urea groups is 1. The molecule has 4 nitrogen and oxygen atoms in total. The molecule has 1 aliphatic carbocycles. The molecule has 0 heterocycles. The van der Waals surface area contributed by atoms with Gasteiger partial charge in [-0.15, -0.1) is 0 Å². The molecule has 0 saturated heterocycles. The van der Waals surface area contributed by atoms with Crippen LogP contribution in [0.4, 0.5) is 4.79 Å². The fraction of sp³-hybridized carbons (Fsp3) is 0.750. The van der Waals surface area contributed by atoms with Crippen LogP contribution in [0.15, 0.2) is 0 Å². The maximum atomic E-state index is 11.8. The molecule has 1 fully saturated rings. The normalized spacial score (nSPS) is 13.9. The number of amides is 2. The van der Waals surface area contributed by atoms with Gasteiger partial charge in [-0.3, -0.25) is 0 Å². The van der Waals surface area contributed by atoms with Crippen LogP contribution >= 0.6 is 0 Å². The van der Waals surface area contributed by atoms with Gasteiger partial charge in [-0.1, -0.05) is 11.8 Å². The van der Waals surface area contributed by atoms with E-state index >= 15 is 0 Å². The fourth-order valence-electron chi connectivity index (χ4n) is 1.47. The molecule has 0 spiro atoms. The van der Waals surface area contributed by atoms with Gasteiger partial charge in [0.15, 0.2) is 0 Å². The van der Waals surface area contributed by atoms with E-state index in [4.69, 9.17) is 4.74 Å². The van der Waals surface area contributed by atoms with Crippen LogP contribution in [-0.2, 0) is 4.74 Å². The van der Waals surface area contributed by atoms with Crippen molar-refractivity contribution in [1.82, 2.24) is 9.80 Å². The number of carbonyl (C=O) groups is 1. The minimum absolute atomic E-state index is 0.0936. The molecule has 1 rings (SSSR count). The Morgan fingerprint density at radius 3 is 2.56 bits per heavy atom. The van der Waals surface area contributed by atoms with Gasteiger partial charge in [0.1, 0.15) is 6.61 Å². The topological polar surface area (TPSA) is 32.8 Å². The summed E-state index contributed by atoms with van der Waals surface area (Å²) in [5, 5.41) is 0. The lowest BCUT2D eigenvalue weighted by atomic mass is 10.3. The molecule has 1 aliphatic rings. The highest BCUT2D eigenvalue weighted by atomic mass is 16.5. The van der Waals surface area contributed by atoms with Crippen molar-refractivity contribution >= 4 is 6.03 Å².